The zero-order valence-electron chi connectivity index (χ0n) is 12.0. The Kier molecular flexibility index (Phi) is 4.80. The molecular weight excluding hydrogens is 275 g/mol. The molecule has 3 N–H and O–H groups in total. The maximum absolute atomic E-state index is 13.6. The zero-order valence-corrected chi connectivity index (χ0v) is 12.0. The van der Waals surface area contributed by atoms with Gasteiger partial charge in [0.2, 0.25) is 0 Å². The highest BCUT2D eigenvalue weighted by Gasteiger charge is 2.17. The fourth-order valence-corrected chi connectivity index (χ4v) is 2.03. The number of para-hydroxylation sites is 1. The molecule has 2 rings (SSSR count). The lowest BCUT2D eigenvalue weighted by Gasteiger charge is -2.17. The molecule has 0 aliphatic rings. The summed E-state index contributed by atoms with van der Waals surface area (Å²) in [6.07, 6.45) is 0.633. The van der Waals surface area contributed by atoms with Gasteiger partial charge >= 0.3 is 6.03 Å². The lowest BCUT2D eigenvalue weighted by Crippen LogP contribution is -2.44. The molecule has 0 saturated heterocycles. The summed E-state index contributed by atoms with van der Waals surface area (Å²) in [5, 5.41) is 15.0. The summed E-state index contributed by atoms with van der Waals surface area (Å²) in [6, 6.07) is 5.29. The third-order valence-electron chi connectivity index (χ3n) is 3.34. The SMILES string of the molecule is CC[C@H](CO)NC(=O)N[C@@H](C)c1cc2cccc(F)c2o1. The number of nitrogens with one attached hydrogen (secondary N) is 2. The lowest BCUT2D eigenvalue weighted by molar-refractivity contribution is 0.211. The van der Waals surface area contributed by atoms with Crippen LogP contribution < -0.4 is 10.6 Å². The first-order valence-corrected chi connectivity index (χ1v) is 6.91. The maximum Gasteiger partial charge on any atom is 0.315 e. The van der Waals surface area contributed by atoms with E-state index >= 15 is 0 Å². The maximum atomic E-state index is 13.6. The van der Waals surface area contributed by atoms with Gasteiger partial charge in [-0.1, -0.05) is 19.1 Å². The van der Waals surface area contributed by atoms with E-state index in [1.54, 1.807) is 25.1 Å². The number of hydrogen-bond acceptors (Lipinski definition) is 3. The monoisotopic (exact) mass is 294 g/mol. The average molecular weight is 294 g/mol. The number of carbonyl (C=O) groups is 1. The Labute approximate surface area is 122 Å². The van der Waals surface area contributed by atoms with Crippen molar-refractivity contribution >= 4 is 17.0 Å². The van der Waals surface area contributed by atoms with Gasteiger partial charge in [-0.25, -0.2) is 9.18 Å². The van der Waals surface area contributed by atoms with Crippen LogP contribution in [-0.4, -0.2) is 23.8 Å². The highest BCUT2D eigenvalue weighted by atomic mass is 19.1. The number of furan rings is 1. The van der Waals surface area contributed by atoms with E-state index in [2.05, 4.69) is 10.6 Å². The standard InChI is InChI=1S/C15H19FN2O3/c1-3-11(8-19)18-15(20)17-9(2)13-7-10-5-4-6-12(16)14(10)21-13/h4-7,9,11,19H,3,8H2,1-2H3,(H2,17,18,20)/t9-,11+/m0/s1. The Morgan fingerprint density at radius 3 is 2.81 bits per heavy atom. The molecule has 0 aliphatic carbocycles. The molecule has 0 fully saturated rings. The van der Waals surface area contributed by atoms with Crippen molar-refractivity contribution in [2.24, 2.45) is 0 Å². The number of halogens is 1. The van der Waals surface area contributed by atoms with Gasteiger partial charge in [0, 0.05) is 5.39 Å². The van der Waals surface area contributed by atoms with E-state index in [0.717, 1.165) is 0 Å². The smallest absolute Gasteiger partial charge is 0.315 e. The van der Waals surface area contributed by atoms with Crippen LogP contribution in [0.4, 0.5) is 9.18 Å². The number of aliphatic hydroxyl groups is 1. The van der Waals surface area contributed by atoms with Crippen molar-refractivity contribution in [3.05, 3.63) is 35.8 Å². The highest BCUT2D eigenvalue weighted by Crippen LogP contribution is 2.25. The molecule has 1 heterocycles. The average Bonchev–Trinajstić information content (AvgIpc) is 2.90. The Balaban J connectivity index is 2.06. The van der Waals surface area contributed by atoms with Crippen LogP contribution in [-0.2, 0) is 0 Å². The van der Waals surface area contributed by atoms with Crippen LogP contribution in [0, 0.1) is 5.82 Å². The van der Waals surface area contributed by atoms with E-state index < -0.39 is 17.9 Å². The predicted molar refractivity (Wildman–Crippen MR) is 77.4 cm³/mol. The van der Waals surface area contributed by atoms with Crippen molar-refractivity contribution in [3.8, 4) is 0 Å². The van der Waals surface area contributed by atoms with Gasteiger partial charge < -0.3 is 20.2 Å². The second-order valence-corrected chi connectivity index (χ2v) is 4.93. The van der Waals surface area contributed by atoms with Gasteiger partial charge in [-0.05, 0) is 25.5 Å². The van der Waals surface area contributed by atoms with Crippen LogP contribution >= 0.6 is 0 Å². The lowest BCUT2D eigenvalue weighted by atomic mass is 10.2. The summed E-state index contributed by atoms with van der Waals surface area (Å²) in [7, 11) is 0. The molecule has 0 radical (unpaired) electrons. The van der Waals surface area contributed by atoms with Gasteiger partial charge in [-0.2, -0.15) is 0 Å². The normalized spacial score (nSPS) is 13.9. The summed E-state index contributed by atoms with van der Waals surface area (Å²) in [4.78, 5) is 11.8. The minimum Gasteiger partial charge on any atom is -0.456 e. The van der Waals surface area contributed by atoms with Crippen molar-refractivity contribution in [3.63, 3.8) is 0 Å². The van der Waals surface area contributed by atoms with Gasteiger partial charge in [-0.3, -0.25) is 0 Å². The Morgan fingerprint density at radius 2 is 2.19 bits per heavy atom. The molecule has 0 bridgehead atoms. The number of amides is 2. The Hall–Kier alpha value is -2.08. The number of carbonyl (C=O) groups excluding carboxylic acids is 1. The van der Waals surface area contributed by atoms with Crippen LogP contribution in [0.15, 0.2) is 28.7 Å². The van der Waals surface area contributed by atoms with Crippen molar-refractivity contribution in [2.75, 3.05) is 6.61 Å². The second kappa shape index (κ2) is 6.58. The molecule has 21 heavy (non-hydrogen) atoms. The number of urea groups is 1. The number of hydrogen-bond donors (Lipinski definition) is 3. The number of aliphatic hydroxyl groups excluding tert-OH is 1. The van der Waals surface area contributed by atoms with Crippen LogP contribution in [0.5, 0.6) is 0 Å². The van der Waals surface area contributed by atoms with E-state index in [1.165, 1.54) is 6.07 Å². The summed E-state index contributed by atoms with van der Waals surface area (Å²) in [5.41, 5.74) is 0.184. The number of fused-ring (bicyclic) bond motifs is 1. The van der Waals surface area contributed by atoms with Crippen molar-refractivity contribution in [1.29, 1.82) is 0 Å². The van der Waals surface area contributed by atoms with Crippen molar-refractivity contribution < 1.29 is 18.7 Å². The first kappa shape index (κ1) is 15.3. The molecule has 2 atom stereocenters. The molecule has 1 aromatic heterocycles. The van der Waals surface area contributed by atoms with Crippen molar-refractivity contribution in [2.45, 2.75) is 32.4 Å². The van der Waals surface area contributed by atoms with E-state index in [4.69, 9.17) is 9.52 Å². The predicted octanol–water partition coefficient (Wildman–Crippen LogP) is 2.70. The van der Waals surface area contributed by atoms with Gasteiger partial charge in [0.15, 0.2) is 11.4 Å². The van der Waals surface area contributed by atoms with E-state index in [-0.39, 0.29) is 18.2 Å². The first-order valence-electron chi connectivity index (χ1n) is 6.91. The molecule has 5 nitrogen and oxygen atoms in total. The summed E-state index contributed by atoms with van der Waals surface area (Å²) in [5.74, 6) is 0.0454. The van der Waals surface area contributed by atoms with E-state index in [1.807, 2.05) is 6.92 Å². The number of rotatable bonds is 5. The summed E-state index contributed by atoms with van der Waals surface area (Å²) >= 11 is 0. The third-order valence-corrected chi connectivity index (χ3v) is 3.34. The van der Waals surface area contributed by atoms with Crippen LogP contribution in [0.3, 0.4) is 0 Å². The molecule has 6 heteroatoms. The molecule has 1 aromatic carbocycles. The minimum atomic E-state index is -0.429. The van der Waals surface area contributed by atoms with E-state index in [9.17, 15) is 9.18 Å². The van der Waals surface area contributed by atoms with Gasteiger partial charge in [0.1, 0.15) is 5.76 Å². The molecule has 0 unspecified atom stereocenters. The topological polar surface area (TPSA) is 74.5 Å². The zero-order chi connectivity index (χ0) is 15.4. The molecule has 0 saturated carbocycles. The fraction of sp³-hybridized carbons (Fsp3) is 0.400. The molecule has 0 aliphatic heterocycles. The summed E-state index contributed by atoms with van der Waals surface area (Å²) in [6.45, 7) is 3.50. The molecule has 0 spiro atoms. The highest BCUT2D eigenvalue weighted by molar-refractivity contribution is 5.79. The molecule has 2 aromatic rings. The molecular formula is C15H19FN2O3. The largest absolute Gasteiger partial charge is 0.456 e. The molecule has 114 valence electrons. The van der Waals surface area contributed by atoms with Crippen molar-refractivity contribution in [1.82, 2.24) is 10.6 Å². The van der Waals surface area contributed by atoms with E-state index in [0.29, 0.717) is 17.6 Å². The second-order valence-electron chi connectivity index (χ2n) is 4.93. The molecule has 2 amide bonds. The Morgan fingerprint density at radius 1 is 1.43 bits per heavy atom. The van der Waals surface area contributed by atoms with Crippen LogP contribution in [0.25, 0.3) is 11.0 Å². The van der Waals surface area contributed by atoms with Gasteiger partial charge in [-0.15, -0.1) is 0 Å². The first-order chi connectivity index (χ1) is 10.0. The fourth-order valence-electron chi connectivity index (χ4n) is 2.03. The van der Waals surface area contributed by atoms with Gasteiger partial charge in [0.25, 0.3) is 0 Å². The van der Waals surface area contributed by atoms with Gasteiger partial charge in [0.05, 0.1) is 18.7 Å². The van der Waals surface area contributed by atoms with Crippen LogP contribution in [0.1, 0.15) is 32.1 Å². The summed E-state index contributed by atoms with van der Waals surface area (Å²) < 4.78 is 19.0. The third kappa shape index (κ3) is 3.52. The van der Waals surface area contributed by atoms with Crippen LogP contribution in [0.2, 0.25) is 0 Å². The Bertz CT molecular complexity index is 622. The number of benzene rings is 1. The quantitative estimate of drug-likeness (QED) is 0.793. The minimum absolute atomic E-state index is 0.117.